The maximum atomic E-state index is 11.9. The molecule has 2 rings (SSSR count). The number of fused-ring (bicyclic) bond motifs is 1. The Hall–Kier alpha value is -1.01. The fourth-order valence-electron chi connectivity index (χ4n) is 2.41. The number of carbonyl (C=O) groups excluding carboxylic acids is 1. The Balaban J connectivity index is 1.68. The van der Waals surface area contributed by atoms with Crippen LogP contribution in [0, 0.1) is 0 Å². The highest BCUT2D eigenvalue weighted by Gasteiger charge is 2.16. The van der Waals surface area contributed by atoms with Crippen molar-refractivity contribution in [1.29, 1.82) is 0 Å². The molecule has 0 fully saturated rings. The molecule has 20 heavy (non-hydrogen) atoms. The molecule has 1 heterocycles. The van der Waals surface area contributed by atoms with Crippen molar-refractivity contribution in [2.24, 2.45) is 0 Å². The molecule has 0 unspecified atom stereocenters. The van der Waals surface area contributed by atoms with Gasteiger partial charge in [0.2, 0.25) is 5.91 Å². The molecule has 2 N–H and O–H groups in total. The minimum absolute atomic E-state index is 0.0542. The first-order valence-electron chi connectivity index (χ1n) is 7.29. The summed E-state index contributed by atoms with van der Waals surface area (Å²) in [6.07, 6.45) is 7.11. The number of aliphatic hydroxyl groups is 1. The van der Waals surface area contributed by atoms with E-state index in [2.05, 4.69) is 10.3 Å². The summed E-state index contributed by atoms with van der Waals surface area (Å²) < 4.78 is 1.99. The van der Waals surface area contributed by atoms with Crippen LogP contribution in [0.1, 0.15) is 30.7 Å². The zero-order valence-corrected chi connectivity index (χ0v) is 12.6. The molecule has 0 spiro atoms. The molecule has 0 aromatic carbocycles. The van der Waals surface area contributed by atoms with Gasteiger partial charge in [0.15, 0.2) is 0 Å². The highest BCUT2D eigenvalue weighted by molar-refractivity contribution is 7.99. The molecular weight excluding hydrogens is 274 g/mol. The zero-order chi connectivity index (χ0) is 14.2. The number of aromatic nitrogens is 2. The van der Waals surface area contributed by atoms with Gasteiger partial charge in [-0.05, 0) is 37.9 Å². The Morgan fingerprint density at radius 1 is 1.40 bits per heavy atom. The fourth-order valence-corrected chi connectivity index (χ4v) is 3.19. The maximum absolute atomic E-state index is 11.9. The number of thioether (sulfide) groups is 1. The summed E-state index contributed by atoms with van der Waals surface area (Å²) in [5.41, 5.74) is 2.41. The third-order valence-corrected chi connectivity index (χ3v) is 4.51. The molecule has 0 saturated heterocycles. The van der Waals surface area contributed by atoms with Gasteiger partial charge in [0, 0.05) is 24.6 Å². The van der Waals surface area contributed by atoms with Crippen molar-refractivity contribution >= 4 is 17.7 Å². The first-order valence-corrected chi connectivity index (χ1v) is 8.45. The van der Waals surface area contributed by atoms with Crippen molar-refractivity contribution in [3.05, 3.63) is 17.7 Å². The van der Waals surface area contributed by atoms with Crippen LogP contribution in [0.2, 0.25) is 0 Å². The summed E-state index contributed by atoms with van der Waals surface area (Å²) in [5.74, 6) is 1.90. The van der Waals surface area contributed by atoms with E-state index in [-0.39, 0.29) is 12.5 Å². The standard InChI is InChI=1S/C14H23N3O2S/c18-7-3-8-20-9-6-15-14(19)10-17-11-16-12-4-1-2-5-13(12)17/h11,18H,1-10H2,(H,15,19). The number of hydrogen-bond acceptors (Lipinski definition) is 4. The van der Waals surface area contributed by atoms with Crippen molar-refractivity contribution in [3.63, 3.8) is 0 Å². The van der Waals surface area contributed by atoms with E-state index in [4.69, 9.17) is 5.11 Å². The first kappa shape index (κ1) is 15.4. The van der Waals surface area contributed by atoms with Crippen molar-refractivity contribution in [1.82, 2.24) is 14.9 Å². The Labute approximate surface area is 124 Å². The fraction of sp³-hybridized carbons (Fsp3) is 0.714. The van der Waals surface area contributed by atoms with Crippen LogP contribution in [0.3, 0.4) is 0 Å². The molecule has 1 aromatic heterocycles. The number of aryl methyl sites for hydroxylation is 1. The predicted molar refractivity (Wildman–Crippen MR) is 80.9 cm³/mol. The molecule has 1 aliphatic carbocycles. The second-order valence-electron chi connectivity index (χ2n) is 5.01. The van der Waals surface area contributed by atoms with Crippen LogP contribution < -0.4 is 5.32 Å². The van der Waals surface area contributed by atoms with Gasteiger partial charge in [-0.2, -0.15) is 11.8 Å². The maximum Gasteiger partial charge on any atom is 0.240 e. The average molecular weight is 297 g/mol. The first-order chi connectivity index (χ1) is 9.81. The molecule has 1 aliphatic rings. The van der Waals surface area contributed by atoms with E-state index in [9.17, 15) is 4.79 Å². The Morgan fingerprint density at radius 2 is 2.25 bits per heavy atom. The van der Waals surface area contributed by atoms with Crippen molar-refractivity contribution in [2.45, 2.75) is 38.6 Å². The lowest BCUT2D eigenvalue weighted by Gasteiger charge is -2.13. The van der Waals surface area contributed by atoms with Crippen LogP contribution >= 0.6 is 11.8 Å². The second-order valence-corrected chi connectivity index (χ2v) is 6.24. The molecule has 0 aliphatic heterocycles. The SMILES string of the molecule is O=C(Cn1cnc2c1CCCC2)NCCSCCCO. The molecule has 1 aromatic rings. The van der Waals surface area contributed by atoms with E-state index >= 15 is 0 Å². The minimum Gasteiger partial charge on any atom is -0.396 e. The van der Waals surface area contributed by atoms with Crippen LogP contribution in [-0.4, -0.2) is 45.2 Å². The number of hydrogen-bond donors (Lipinski definition) is 2. The van der Waals surface area contributed by atoms with Crippen molar-refractivity contribution < 1.29 is 9.90 Å². The molecule has 112 valence electrons. The van der Waals surface area contributed by atoms with Gasteiger partial charge in [-0.1, -0.05) is 0 Å². The topological polar surface area (TPSA) is 67.2 Å². The number of imidazole rings is 1. The zero-order valence-electron chi connectivity index (χ0n) is 11.8. The van der Waals surface area contributed by atoms with Crippen molar-refractivity contribution in [3.8, 4) is 0 Å². The van der Waals surface area contributed by atoms with Gasteiger partial charge in [-0.25, -0.2) is 4.98 Å². The smallest absolute Gasteiger partial charge is 0.240 e. The number of carbonyl (C=O) groups is 1. The summed E-state index contributed by atoms with van der Waals surface area (Å²) in [6, 6.07) is 0. The van der Waals surface area contributed by atoms with Crippen LogP contribution in [0.5, 0.6) is 0 Å². The van der Waals surface area contributed by atoms with Gasteiger partial charge < -0.3 is 15.0 Å². The molecule has 0 saturated carbocycles. The summed E-state index contributed by atoms with van der Waals surface area (Å²) in [6.45, 7) is 1.31. The van der Waals surface area contributed by atoms with E-state index in [1.807, 2.05) is 4.57 Å². The average Bonchev–Trinajstić information content (AvgIpc) is 2.86. The monoisotopic (exact) mass is 297 g/mol. The van der Waals surface area contributed by atoms with E-state index in [0.717, 1.165) is 30.8 Å². The van der Waals surface area contributed by atoms with E-state index in [0.29, 0.717) is 13.1 Å². The van der Waals surface area contributed by atoms with Gasteiger partial charge in [0.05, 0.1) is 12.0 Å². The highest BCUT2D eigenvalue weighted by atomic mass is 32.2. The number of nitrogens with one attached hydrogen (secondary N) is 1. The predicted octanol–water partition coefficient (Wildman–Crippen LogP) is 0.994. The number of amides is 1. The number of aliphatic hydroxyl groups excluding tert-OH is 1. The Kier molecular flexibility index (Phi) is 6.39. The van der Waals surface area contributed by atoms with Gasteiger partial charge >= 0.3 is 0 Å². The summed E-state index contributed by atoms with van der Waals surface area (Å²) >= 11 is 1.76. The molecule has 5 nitrogen and oxygen atoms in total. The van der Waals surface area contributed by atoms with Gasteiger partial charge in [0.25, 0.3) is 0 Å². The van der Waals surface area contributed by atoms with Gasteiger partial charge in [-0.3, -0.25) is 4.79 Å². The van der Waals surface area contributed by atoms with E-state index in [1.165, 1.54) is 24.2 Å². The normalized spacial score (nSPS) is 14.1. The summed E-state index contributed by atoms with van der Waals surface area (Å²) in [7, 11) is 0. The molecule has 1 amide bonds. The Morgan fingerprint density at radius 3 is 3.10 bits per heavy atom. The third kappa shape index (κ3) is 4.52. The molecule has 0 radical (unpaired) electrons. The quantitative estimate of drug-likeness (QED) is 0.702. The lowest BCUT2D eigenvalue weighted by molar-refractivity contribution is -0.121. The number of rotatable bonds is 8. The largest absolute Gasteiger partial charge is 0.396 e. The van der Waals surface area contributed by atoms with Crippen molar-refractivity contribution in [2.75, 3.05) is 24.7 Å². The number of nitrogens with zero attached hydrogens (tertiary/aromatic N) is 2. The van der Waals surface area contributed by atoms with E-state index < -0.39 is 0 Å². The van der Waals surface area contributed by atoms with Gasteiger partial charge in [0.1, 0.15) is 6.54 Å². The van der Waals surface area contributed by atoms with Crippen LogP contribution in [0.25, 0.3) is 0 Å². The minimum atomic E-state index is 0.0542. The summed E-state index contributed by atoms with van der Waals surface area (Å²) in [4.78, 5) is 16.3. The van der Waals surface area contributed by atoms with Crippen LogP contribution in [-0.2, 0) is 24.2 Å². The molecule has 0 bridgehead atoms. The third-order valence-electron chi connectivity index (χ3n) is 3.44. The summed E-state index contributed by atoms with van der Waals surface area (Å²) in [5, 5.41) is 11.6. The van der Waals surface area contributed by atoms with Crippen LogP contribution in [0.15, 0.2) is 6.33 Å². The lowest BCUT2D eigenvalue weighted by atomic mass is 10.0. The molecule has 0 atom stereocenters. The highest BCUT2D eigenvalue weighted by Crippen LogP contribution is 2.19. The van der Waals surface area contributed by atoms with Gasteiger partial charge in [-0.15, -0.1) is 0 Å². The Bertz CT molecular complexity index is 434. The second kappa shape index (κ2) is 8.32. The lowest BCUT2D eigenvalue weighted by Crippen LogP contribution is -2.30. The van der Waals surface area contributed by atoms with Crippen LogP contribution in [0.4, 0.5) is 0 Å². The van der Waals surface area contributed by atoms with E-state index in [1.54, 1.807) is 18.1 Å². The molecule has 6 heteroatoms. The molecular formula is C14H23N3O2S.